The fourth-order valence-corrected chi connectivity index (χ4v) is 2.85. The molecule has 0 aromatic rings. The first-order valence-electron chi connectivity index (χ1n) is 7.45. The maximum atomic E-state index is 5.35. The van der Waals surface area contributed by atoms with Crippen LogP contribution in [-0.4, -0.2) is 68.4 Å². The molecule has 2 atom stereocenters. The Balaban J connectivity index is 1.58. The predicted octanol–water partition coefficient (Wildman–Crippen LogP) is 0.825. The molecule has 2 heterocycles. The Bertz CT molecular complexity index is 354. The van der Waals surface area contributed by atoms with E-state index in [4.69, 9.17) is 4.74 Å². The van der Waals surface area contributed by atoms with Crippen LogP contribution < -0.4 is 5.32 Å². The molecule has 106 valence electrons. The molecule has 3 aliphatic rings. The first-order chi connectivity index (χ1) is 9.31. The van der Waals surface area contributed by atoms with E-state index in [-0.39, 0.29) is 0 Å². The summed E-state index contributed by atoms with van der Waals surface area (Å²) in [4.78, 5) is 4.99. The highest BCUT2D eigenvalue weighted by atomic mass is 16.6. The van der Waals surface area contributed by atoms with Crippen molar-refractivity contribution in [1.29, 1.82) is 0 Å². The summed E-state index contributed by atoms with van der Waals surface area (Å²) in [6.07, 6.45) is 9.41. The number of nitrogens with one attached hydrogen (secondary N) is 1. The van der Waals surface area contributed by atoms with Crippen molar-refractivity contribution < 1.29 is 4.74 Å². The van der Waals surface area contributed by atoms with Gasteiger partial charge in [-0.25, -0.2) is 0 Å². The van der Waals surface area contributed by atoms with Gasteiger partial charge in [0.1, 0.15) is 6.23 Å². The molecule has 0 saturated carbocycles. The van der Waals surface area contributed by atoms with Gasteiger partial charge in [-0.1, -0.05) is 23.8 Å². The number of hydrogen-bond donors (Lipinski definition) is 1. The maximum absolute atomic E-state index is 5.35. The average Bonchev–Trinajstić information content (AvgIpc) is 3.26. The van der Waals surface area contributed by atoms with Crippen LogP contribution in [0, 0.1) is 0 Å². The lowest BCUT2D eigenvalue weighted by Crippen LogP contribution is -2.50. The second kappa shape index (κ2) is 6.18. The first kappa shape index (κ1) is 13.3. The van der Waals surface area contributed by atoms with Crippen LogP contribution in [0.25, 0.3) is 0 Å². The molecule has 4 heteroatoms. The lowest BCUT2D eigenvalue weighted by Gasteiger charge is -2.35. The van der Waals surface area contributed by atoms with Gasteiger partial charge in [0.25, 0.3) is 0 Å². The minimum atomic E-state index is 0.296. The second-order valence-corrected chi connectivity index (χ2v) is 5.85. The molecule has 0 radical (unpaired) electrons. The fraction of sp³-hybridized carbons (Fsp3) is 0.733. The maximum Gasteiger partial charge on any atom is 0.132 e. The van der Waals surface area contributed by atoms with Crippen molar-refractivity contribution in [2.45, 2.75) is 25.1 Å². The van der Waals surface area contributed by atoms with E-state index in [0.717, 1.165) is 13.2 Å². The van der Waals surface area contributed by atoms with Gasteiger partial charge in [-0.3, -0.25) is 10.2 Å². The average molecular weight is 263 g/mol. The van der Waals surface area contributed by atoms with Crippen molar-refractivity contribution in [2.24, 2.45) is 0 Å². The Morgan fingerprint density at radius 3 is 2.79 bits per heavy atom. The number of likely N-dealkylation sites (N-methyl/N-ethyl adjacent to an activating group) is 1. The number of piperazine rings is 1. The van der Waals surface area contributed by atoms with Crippen LogP contribution >= 0.6 is 0 Å². The van der Waals surface area contributed by atoms with Gasteiger partial charge in [-0.2, -0.15) is 0 Å². The Morgan fingerprint density at radius 1 is 1.37 bits per heavy atom. The second-order valence-electron chi connectivity index (χ2n) is 5.85. The van der Waals surface area contributed by atoms with Gasteiger partial charge in [-0.15, -0.1) is 0 Å². The predicted molar refractivity (Wildman–Crippen MR) is 77.1 cm³/mol. The smallest absolute Gasteiger partial charge is 0.132 e. The summed E-state index contributed by atoms with van der Waals surface area (Å²) in [5.41, 5.74) is 1.54. The molecule has 0 amide bonds. The zero-order valence-electron chi connectivity index (χ0n) is 11.8. The van der Waals surface area contributed by atoms with Gasteiger partial charge in [0.2, 0.25) is 0 Å². The van der Waals surface area contributed by atoms with E-state index >= 15 is 0 Å². The molecule has 2 unspecified atom stereocenters. The molecule has 0 aromatic carbocycles. The Kier molecular flexibility index (Phi) is 4.33. The zero-order valence-corrected chi connectivity index (χ0v) is 11.8. The summed E-state index contributed by atoms with van der Waals surface area (Å²) in [7, 11) is 2.21. The quantitative estimate of drug-likeness (QED) is 0.744. The van der Waals surface area contributed by atoms with Gasteiger partial charge in [0, 0.05) is 38.8 Å². The number of rotatable bonds is 5. The van der Waals surface area contributed by atoms with Crippen molar-refractivity contribution in [3.63, 3.8) is 0 Å². The number of hydrogen-bond acceptors (Lipinski definition) is 4. The largest absolute Gasteiger partial charge is 0.357 e. The molecule has 2 aliphatic heterocycles. The van der Waals surface area contributed by atoms with Crippen molar-refractivity contribution >= 4 is 0 Å². The van der Waals surface area contributed by atoms with E-state index in [2.05, 4.69) is 40.4 Å². The monoisotopic (exact) mass is 263 g/mol. The van der Waals surface area contributed by atoms with E-state index < -0.39 is 0 Å². The van der Waals surface area contributed by atoms with Crippen LogP contribution in [0.2, 0.25) is 0 Å². The van der Waals surface area contributed by atoms with E-state index in [9.17, 15) is 0 Å². The molecule has 19 heavy (non-hydrogen) atoms. The van der Waals surface area contributed by atoms with E-state index in [1.54, 1.807) is 0 Å². The minimum Gasteiger partial charge on any atom is -0.357 e. The van der Waals surface area contributed by atoms with Crippen LogP contribution in [-0.2, 0) is 4.74 Å². The molecule has 3 rings (SSSR count). The van der Waals surface area contributed by atoms with Crippen LogP contribution in [0.4, 0.5) is 0 Å². The Hall–Kier alpha value is -0.680. The fourth-order valence-electron chi connectivity index (χ4n) is 2.85. The lowest BCUT2D eigenvalue weighted by atomic mass is 9.97. The topological polar surface area (TPSA) is 31.0 Å². The van der Waals surface area contributed by atoms with Gasteiger partial charge in [0.05, 0.1) is 6.61 Å². The van der Waals surface area contributed by atoms with Crippen LogP contribution in [0.1, 0.15) is 12.8 Å². The number of allylic oxidation sites excluding steroid dienone is 3. The van der Waals surface area contributed by atoms with Crippen molar-refractivity contribution in [2.75, 3.05) is 46.4 Å². The molecule has 0 aromatic heterocycles. The minimum absolute atomic E-state index is 0.296. The van der Waals surface area contributed by atoms with Gasteiger partial charge in [0.15, 0.2) is 0 Å². The van der Waals surface area contributed by atoms with Crippen LogP contribution in [0.3, 0.4) is 0 Å². The normalized spacial score (nSPS) is 30.2. The van der Waals surface area contributed by atoms with Gasteiger partial charge >= 0.3 is 0 Å². The molecule has 0 spiro atoms. The molecule has 0 bridgehead atoms. The molecule has 2 fully saturated rings. The highest BCUT2D eigenvalue weighted by Gasteiger charge is 2.29. The molecule has 2 saturated heterocycles. The molecule has 1 aliphatic carbocycles. The third kappa shape index (κ3) is 3.89. The lowest BCUT2D eigenvalue weighted by molar-refractivity contribution is 0.143. The van der Waals surface area contributed by atoms with E-state index in [0.29, 0.717) is 12.3 Å². The van der Waals surface area contributed by atoms with Gasteiger partial charge in [-0.05, 0) is 19.9 Å². The molecule has 4 nitrogen and oxygen atoms in total. The molecular formula is C15H25N3O. The first-order valence-corrected chi connectivity index (χ1v) is 7.45. The van der Waals surface area contributed by atoms with Crippen molar-refractivity contribution in [3.8, 4) is 0 Å². The summed E-state index contributed by atoms with van der Waals surface area (Å²) >= 11 is 0. The van der Waals surface area contributed by atoms with Crippen molar-refractivity contribution in [1.82, 2.24) is 15.1 Å². The molecule has 1 N–H and O–H groups in total. The van der Waals surface area contributed by atoms with Crippen LogP contribution in [0.5, 0.6) is 0 Å². The highest BCUT2D eigenvalue weighted by molar-refractivity contribution is 5.23. The summed E-state index contributed by atoms with van der Waals surface area (Å²) in [6, 6.07) is 0.459. The SMILES string of the molecule is CN1CCN(CC(NC2CO2)C2=CC=CCC2)CC1. The Morgan fingerprint density at radius 2 is 2.16 bits per heavy atom. The van der Waals surface area contributed by atoms with E-state index in [1.807, 2.05) is 0 Å². The Labute approximate surface area is 116 Å². The highest BCUT2D eigenvalue weighted by Crippen LogP contribution is 2.19. The zero-order chi connectivity index (χ0) is 13.1. The third-order valence-corrected chi connectivity index (χ3v) is 4.25. The molecular weight excluding hydrogens is 238 g/mol. The van der Waals surface area contributed by atoms with Crippen molar-refractivity contribution in [3.05, 3.63) is 23.8 Å². The summed E-state index contributed by atoms with van der Waals surface area (Å²) in [6.45, 7) is 6.74. The standard InChI is InChI=1S/C15H25N3O/c1-17-7-9-18(10-8-17)11-14(16-15-12-19-15)13-5-3-2-4-6-13/h2-3,5,14-16H,4,6-12H2,1H3. The van der Waals surface area contributed by atoms with E-state index in [1.165, 1.54) is 44.6 Å². The number of nitrogens with zero attached hydrogens (tertiary/aromatic N) is 2. The number of epoxide rings is 1. The van der Waals surface area contributed by atoms with Crippen LogP contribution in [0.15, 0.2) is 23.8 Å². The number of ether oxygens (including phenoxy) is 1. The summed E-state index contributed by atoms with van der Waals surface area (Å²) in [5.74, 6) is 0. The van der Waals surface area contributed by atoms with Gasteiger partial charge < -0.3 is 9.64 Å². The summed E-state index contributed by atoms with van der Waals surface area (Å²) in [5, 5.41) is 3.64. The third-order valence-electron chi connectivity index (χ3n) is 4.25. The summed E-state index contributed by atoms with van der Waals surface area (Å²) < 4.78 is 5.35.